The number of hydrogen-bond donors (Lipinski definition) is 2. The topological polar surface area (TPSA) is 69.7 Å². The van der Waals surface area contributed by atoms with Crippen LogP contribution in [0.1, 0.15) is 5.82 Å². The molecular formula is C14H14ClFN6. The Balaban J connectivity index is 1.77. The molecule has 0 bridgehead atoms. The molecule has 2 aromatic heterocycles. The lowest BCUT2D eigenvalue weighted by Crippen LogP contribution is -2.15. The summed E-state index contributed by atoms with van der Waals surface area (Å²) in [6.45, 7) is 0.394. The number of nitrogens with zero attached hydrogens (tertiary/aromatic N) is 4. The highest BCUT2D eigenvalue weighted by atomic mass is 35.5. The molecule has 114 valence electrons. The van der Waals surface area contributed by atoms with E-state index >= 15 is 0 Å². The van der Waals surface area contributed by atoms with Crippen molar-refractivity contribution in [3.63, 3.8) is 0 Å². The van der Waals surface area contributed by atoms with Crippen molar-refractivity contribution >= 4 is 34.4 Å². The molecule has 0 unspecified atom stereocenters. The average molecular weight is 321 g/mol. The molecule has 1 aromatic carbocycles. The summed E-state index contributed by atoms with van der Waals surface area (Å²) < 4.78 is 13.5. The Morgan fingerprint density at radius 3 is 2.91 bits per heavy atom. The molecule has 0 aliphatic carbocycles. The van der Waals surface area contributed by atoms with Crippen LogP contribution in [-0.2, 0) is 6.54 Å². The molecule has 0 fully saturated rings. The summed E-state index contributed by atoms with van der Waals surface area (Å²) in [5.74, 6) is 0.822. The minimum atomic E-state index is -0.464. The van der Waals surface area contributed by atoms with Crippen molar-refractivity contribution < 1.29 is 4.39 Å². The van der Waals surface area contributed by atoms with Crippen molar-refractivity contribution in [2.24, 2.45) is 0 Å². The summed E-state index contributed by atoms with van der Waals surface area (Å²) in [7, 11) is 3.44. The Morgan fingerprint density at radius 1 is 1.32 bits per heavy atom. The molecular weight excluding hydrogens is 307 g/mol. The summed E-state index contributed by atoms with van der Waals surface area (Å²) in [5, 5.41) is 3.66. The fourth-order valence-electron chi connectivity index (χ4n) is 2.04. The van der Waals surface area contributed by atoms with E-state index in [0.29, 0.717) is 17.5 Å². The maximum Gasteiger partial charge on any atom is 0.225 e. The highest BCUT2D eigenvalue weighted by molar-refractivity contribution is 6.31. The van der Waals surface area contributed by atoms with Crippen molar-refractivity contribution in [3.8, 4) is 0 Å². The number of anilines is 2. The number of aromatic nitrogens is 4. The van der Waals surface area contributed by atoms with Crippen molar-refractivity contribution in [2.45, 2.75) is 6.54 Å². The van der Waals surface area contributed by atoms with Crippen LogP contribution in [0.3, 0.4) is 0 Å². The zero-order chi connectivity index (χ0) is 15.7. The maximum atomic E-state index is 13.5. The standard InChI is InChI=1S/C14H14ClFN6/c1-22(2)13-9(16)6-17-14(21-13)18-7-12-19-10-4-3-8(15)5-11(10)20-12/h3-6H,7H2,1-2H3,(H,19,20)(H,17,18,21). The minimum Gasteiger partial charge on any atom is -0.360 e. The normalized spacial score (nSPS) is 10.9. The zero-order valence-electron chi connectivity index (χ0n) is 12.1. The molecule has 22 heavy (non-hydrogen) atoms. The number of halogens is 2. The van der Waals surface area contributed by atoms with Crippen LogP contribution in [0.4, 0.5) is 16.2 Å². The number of hydrogen-bond acceptors (Lipinski definition) is 5. The Kier molecular flexibility index (Phi) is 3.81. The van der Waals surface area contributed by atoms with Crippen LogP contribution in [0.5, 0.6) is 0 Å². The van der Waals surface area contributed by atoms with Crippen LogP contribution < -0.4 is 10.2 Å². The number of H-pyrrole nitrogens is 1. The smallest absolute Gasteiger partial charge is 0.225 e. The number of aromatic amines is 1. The van der Waals surface area contributed by atoms with Gasteiger partial charge < -0.3 is 15.2 Å². The van der Waals surface area contributed by atoms with Crippen LogP contribution in [0.2, 0.25) is 5.02 Å². The van der Waals surface area contributed by atoms with Gasteiger partial charge >= 0.3 is 0 Å². The molecule has 0 aliphatic rings. The van der Waals surface area contributed by atoms with Crippen LogP contribution in [0, 0.1) is 5.82 Å². The molecule has 3 aromatic rings. The maximum absolute atomic E-state index is 13.5. The van der Waals surface area contributed by atoms with E-state index in [1.165, 1.54) is 0 Å². The molecule has 2 heterocycles. The monoisotopic (exact) mass is 320 g/mol. The number of nitrogens with one attached hydrogen (secondary N) is 2. The fourth-order valence-corrected chi connectivity index (χ4v) is 2.21. The molecule has 8 heteroatoms. The SMILES string of the molecule is CN(C)c1nc(NCc2nc3ccc(Cl)cc3[nH]2)ncc1F. The molecule has 0 saturated heterocycles. The summed E-state index contributed by atoms with van der Waals surface area (Å²) in [6, 6.07) is 5.44. The summed E-state index contributed by atoms with van der Waals surface area (Å²) in [6.07, 6.45) is 1.14. The van der Waals surface area contributed by atoms with Crippen molar-refractivity contribution in [1.82, 2.24) is 19.9 Å². The van der Waals surface area contributed by atoms with Crippen LogP contribution >= 0.6 is 11.6 Å². The molecule has 2 N–H and O–H groups in total. The van der Waals surface area contributed by atoms with Gasteiger partial charge in [0.2, 0.25) is 5.95 Å². The lowest BCUT2D eigenvalue weighted by molar-refractivity contribution is 0.612. The molecule has 0 atom stereocenters. The van der Waals surface area contributed by atoms with E-state index in [1.807, 2.05) is 12.1 Å². The Labute approximate surface area is 131 Å². The van der Waals surface area contributed by atoms with E-state index in [4.69, 9.17) is 11.6 Å². The van der Waals surface area contributed by atoms with Gasteiger partial charge in [-0.25, -0.2) is 14.4 Å². The van der Waals surface area contributed by atoms with E-state index in [2.05, 4.69) is 25.3 Å². The third-order valence-corrected chi connectivity index (χ3v) is 3.29. The second-order valence-corrected chi connectivity index (χ2v) is 5.39. The van der Waals surface area contributed by atoms with Crippen molar-refractivity contribution in [2.75, 3.05) is 24.3 Å². The molecule has 0 saturated carbocycles. The molecule has 0 radical (unpaired) electrons. The van der Waals surface area contributed by atoms with E-state index < -0.39 is 5.82 Å². The Hall–Kier alpha value is -2.41. The first-order valence-corrected chi connectivity index (χ1v) is 6.98. The second kappa shape index (κ2) is 5.76. The van der Waals surface area contributed by atoms with Gasteiger partial charge in [0.1, 0.15) is 5.82 Å². The van der Waals surface area contributed by atoms with Gasteiger partial charge in [0.05, 0.1) is 23.8 Å². The van der Waals surface area contributed by atoms with Crippen LogP contribution in [0.15, 0.2) is 24.4 Å². The fraction of sp³-hybridized carbons (Fsp3) is 0.214. The van der Waals surface area contributed by atoms with Crippen LogP contribution in [0.25, 0.3) is 11.0 Å². The van der Waals surface area contributed by atoms with Gasteiger partial charge in [-0.15, -0.1) is 0 Å². The largest absolute Gasteiger partial charge is 0.360 e. The first-order chi connectivity index (χ1) is 10.5. The van der Waals surface area contributed by atoms with Gasteiger partial charge in [-0.2, -0.15) is 4.98 Å². The number of fused-ring (bicyclic) bond motifs is 1. The van der Waals surface area contributed by atoms with E-state index in [-0.39, 0.29) is 5.82 Å². The van der Waals surface area contributed by atoms with E-state index in [0.717, 1.165) is 23.1 Å². The second-order valence-electron chi connectivity index (χ2n) is 4.96. The quantitative estimate of drug-likeness (QED) is 0.773. The molecule has 0 aliphatic heterocycles. The van der Waals surface area contributed by atoms with Crippen LogP contribution in [-0.4, -0.2) is 34.0 Å². The predicted molar refractivity (Wildman–Crippen MR) is 84.7 cm³/mol. The number of benzene rings is 1. The van der Waals surface area contributed by atoms with Gasteiger partial charge in [0, 0.05) is 19.1 Å². The van der Waals surface area contributed by atoms with Gasteiger partial charge in [-0.3, -0.25) is 0 Å². The molecule has 6 nitrogen and oxygen atoms in total. The van der Waals surface area contributed by atoms with Crippen molar-refractivity contribution in [1.29, 1.82) is 0 Å². The number of imidazole rings is 1. The van der Waals surface area contributed by atoms with Gasteiger partial charge in [-0.05, 0) is 18.2 Å². The van der Waals surface area contributed by atoms with Crippen molar-refractivity contribution in [3.05, 3.63) is 41.1 Å². The third kappa shape index (κ3) is 2.94. The number of rotatable bonds is 4. The predicted octanol–water partition coefficient (Wildman–Crippen LogP) is 2.82. The zero-order valence-corrected chi connectivity index (χ0v) is 12.8. The molecule has 0 amide bonds. The highest BCUT2D eigenvalue weighted by Gasteiger charge is 2.09. The Bertz CT molecular complexity index is 816. The van der Waals surface area contributed by atoms with Gasteiger partial charge in [-0.1, -0.05) is 11.6 Å². The lowest BCUT2D eigenvalue weighted by atomic mass is 10.3. The highest BCUT2D eigenvalue weighted by Crippen LogP contribution is 2.18. The first-order valence-electron chi connectivity index (χ1n) is 6.61. The Morgan fingerprint density at radius 2 is 2.14 bits per heavy atom. The summed E-state index contributed by atoms with van der Waals surface area (Å²) in [5.41, 5.74) is 1.69. The van der Waals surface area contributed by atoms with Gasteiger partial charge in [0.15, 0.2) is 11.6 Å². The third-order valence-electron chi connectivity index (χ3n) is 3.06. The lowest BCUT2D eigenvalue weighted by Gasteiger charge is -2.13. The van der Waals surface area contributed by atoms with E-state index in [9.17, 15) is 4.39 Å². The van der Waals surface area contributed by atoms with Gasteiger partial charge in [0.25, 0.3) is 0 Å². The summed E-state index contributed by atoms with van der Waals surface area (Å²) in [4.78, 5) is 17.2. The average Bonchev–Trinajstić information content (AvgIpc) is 2.88. The summed E-state index contributed by atoms with van der Waals surface area (Å²) >= 11 is 5.94. The molecule has 3 rings (SSSR count). The first kappa shape index (κ1) is 14.5. The minimum absolute atomic E-state index is 0.230. The van der Waals surface area contributed by atoms with E-state index in [1.54, 1.807) is 25.1 Å². The molecule has 0 spiro atoms.